The summed E-state index contributed by atoms with van der Waals surface area (Å²) < 4.78 is 24.9. The summed E-state index contributed by atoms with van der Waals surface area (Å²) in [6, 6.07) is 0. The van der Waals surface area contributed by atoms with Gasteiger partial charge in [0, 0.05) is 0 Å². The minimum atomic E-state index is -5.65. The summed E-state index contributed by atoms with van der Waals surface area (Å²) in [7, 11) is -5.65. The molecule has 0 unspecified atom stereocenters. The average Bonchev–Trinajstić information content (AvgIpc) is 3.02. The fourth-order valence-corrected chi connectivity index (χ4v) is 7.28. The van der Waals surface area contributed by atoms with Crippen molar-refractivity contribution >= 4 is 7.28 Å². The molecule has 0 saturated carbocycles. The van der Waals surface area contributed by atoms with Crippen LogP contribution in [0.1, 0.15) is 182 Å². The van der Waals surface area contributed by atoms with Gasteiger partial charge in [0.2, 0.25) is 0 Å². The minimum absolute atomic E-state index is 0.128. The van der Waals surface area contributed by atoms with Gasteiger partial charge in [-0.25, -0.2) is 0 Å². The molecule has 0 rings (SSSR count). The Bertz CT molecular complexity index is 682. The van der Waals surface area contributed by atoms with E-state index < -0.39 is 19.0 Å². The molecule has 0 bridgehead atoms. The molecular weight excluding hydrogens is 599 g/mol. The molecule has 0 aromatic carbocycles. The van der Waals surface area contributed by atoms with Crippen molar-refractivity contribution in [2.75, 3.05) is 32.6 Å². The van der Waals surface area contributed by atoms with Crippen molar-refractivity contribution < 1.29 is 33.6 Å². The molecule has 0 spiro atoms. The second-order valence-electron chi connectivity index (χ2n) is 13.2. The van der Waals surface area contributed by atoms with Crippen LogP contribution < -0.4 is 0 Å². The van der Waals surface area contributed by atoms with E-state index in [2.05, 4.69) is 34.3 Å². The third-order valence-corrected chi connectivity index (χ3v) is 11.1. The summed E-state index contributed by atoms with van der Waals surface area (Å²) in [6.45, 7) is 13.8. The predicted octanol–water partition coefficient (Wildman–Crippen LogP) is 11.5. The van der Waals surface area contributed by atoms with E-state index in [1.165, 1.54) is 76.4 Å². The van der Waals surface area contributed by atoms with Crippen LogP contribution in [0.15, 0.2) is 24.7 Å². The van der Waals surface area contributed by atoms with Crippen LogP contribution in [0.2, 0.25) is 0 Å². The van der Waals surface area contributed by atoms with Crippen molar-refractivity contribution in [1.29, 1.82) is 0 Å². The van der Waals surface area contributed by atoms with Gasteiger partial charge in [-0.15, -0.1) is 0 Å². The van der Waals surface area contributed by atoms with Gasteiger partial charge in [0.1, 0.15) is 0 Å². The van der Waals surface area contributed by atoms with Crippen molar-refractivity contribution in [2.24, 2.45) is 0 Å². The summed E-state index contributed by atoms with van der Waals surface area (Å²) in [6.07, 6.45) is 28.2. The molecule has 0 amide bonds. The van der Waals surface area contributed by atoms with Gasteiger partial charge >= 0.3 is 286 Å². The van der Waals surface area contributed by atoms with Crippen LogP contribution in [-0.2, 0) is 18.9 Å². The zero-order valence-corrected chi connectivity index (χ0v) is 31.7. The first-order chi connectivity index (χ1) is 22.2. The van der Waals surface area contributed by atoms with Crippen molar-refractivity contribution in [3.05, 3.63) is 24.7 Å². The normalized spacial score (nSPS) is 12.9. The number of allylic oxidation sites excluding steroid dienone is 1. The SMILES string of the molecule is C=CCP(O)(O)(O)C(C=C(OCCCCCCCC)OCCCCCCCC)(OCCCCCCCC)OCCCCCCCC. The molecule has 0 radical (unpaired) electrons. The molecule has 276 valence electrons. The monoisotopic (exact) mass is 677 g/mol. The molecule has 46 heavy (non-hydrogen) atoms. The van der Waals surface area contributed by atoms with E-state index in [-0.39, 0.29) is 19.2 Å². The summed E-state index contributed by atoms with van der Waals surface area (Å²) in [5.41, 5.74) is -2.20. The zero-order chi connectivity index (χ0) is 34.3. The number of ether oxygens (including phenoxy) is 4. The number of unbranched alkanes of at least 4 members (excludes halogenated alkanes) is 20. The van der Waals surface area contributed by atoms with Crippen molar-refractivity contribution in [3.63, 3.8) is 0 Å². The Labute approximate surface area is 285 Å². The first kappa shape index (κ1) is 45.3. The fourth-order valence-electron chi connectivity index (χ4n) is 5.47. The summed E-state index contributed by atoms with van der Waals surface area (Å²) in [5, 5.41) is 0. The molecule has 0 aromatic heterocycles. The third-order valence-electron chi connectivity index (χ3n) is 8.50. The first-order valence-corrected chi connectivity index (χ1v) is 21.6. The molecular formula is C38H77O7P. The number of hydrogen-bond acceptors (Lipinski definition) is 7. The molecule has 0 atom stereocenters. The van der Waals surface area contributed by atoms with Crippen LogP contribution >= 0.6 is 7.28 Å². The Morgan fingerprint density at radius 1 is 0.500 bits per heavy atom. The van der Waals surface area contributed by atoms with Crippen molar-refractivity contribution in [3.8, 4) is 0 Å². The van der Waals surface area contributed by atoms with Gasteiger partial charge in [-0.2, -0.15) is 0 Å². The van der Waals surface area contributed by atoms with Crippen molar-refractivity contribution in [2.45, 2.75) is 187 Å². The first-order valence-electron chi connectivity index (χ1n) is 19.3. The van der Waals surface area contributed by atoms with Gasteiger partial charge in [0.05, 0.1) is 0 Å². The summed E-state index contributed by atoms with van der Waals surface area (Å²) >= 11 is 0. The number of hydrogen-bond donors (Lipinski definition) is 3. The standard InChI is InChI=1S/C38H77O7P/c1-6-11-15-19-23-27-31-42-37(43-32-28-24-20-16-12-7-2)36-38(46(39,40,41)35-10-5,44-33-29-25-21-17-13-8-3)45-34-30-26-22-18-14-9-4/h10,36,39-41H,5-9,11-35H2,1-4H3. The van der Waals surface area contributed by atoms with Gasteiger partial charge < -0.3 is 0 Å². The Morgan fingerprint density at radius 3 is 1.13 bits per heavy atom. The van der Waals surface area contributed by atoms with Crippen LogP contribution in [-0.4, -0.2) is 52.8 Å². The molecule has 0 aliphatic carbocycles. The molecule has 8 heteroatoms. The maximum absolute atomic E-state index is 11.6. The van der Waals surface area contributed by atoms with Gasteiger partial charge in [0.15, 0.2) is 0 Å². The predicted molar refractivity (Wildman–Crippen MR) is 197 cm³/mol. The van der Waals surface area contributed by atoms with Crippen LogP contribution in [0.25, 0.3) is 0 Å². The molecule has 0 aromatic rings. The van der Waals surface area contributed by atoms with Gasteiger partial charge in [-0.3, -0.25) is 0 Å². The van der Waals surface area contributed by atoms with Gasteiger partial charge in [-0.1, -0.05) is 0 Å². The molecule has 0 heterocycles. The summed E-state index contributed by atoms with van der Waals surface area (Å²) in [5.74, 6) is 0.128. The Balaban J connectivity index is 6.06. The maximum atomic E-state index is 11.6. The van der Waals surface area contributed by atoms with E-state index in [0.29, 0.717) is 26.1 Å². The van der Waals surface area contributed by atoms with E-state index in [9.17, 15) is 14.7 Å². The molecule has 7 nitrogen and oxygen atoms in total. The quantitative estimate of drug-likeness (QED) is 0.0200. The Hall–Kier alpha value is -0.690. The van der Waals surface area contributed by atoms with E-state index in [1.807, 2.05) is 0 Å². The third kappa shape index (κ3) is 22.0. The van der Waals surface area contributed by atoms with E-state index >= 15 is 0 Å². The second kappa shape index (κ2) is 29.2. The molecule has 0 saturated heterocycles. The van der Waals surface area contributed by atoms with Crippen molar-refractivity contribution in [1.82, 2.24) is 0 Å². The Kier molecular flexibility index (Phi) is 28.8. The van der Waals surface area contributed by atoms with Gasteiger partial charge in [-0.05, 0) is 0 Å². The second-order valence-corrected chi connectivity index (χ2v) is 16.5. The average molecular weight is 677 g/mol. The van der Waals surface area contributed by atoms with E-state index in [0.717, 1.165) is 77.0 Å². The van der Waals surface area contributed by atoms with Crippen LogP contribution in [0, 0.1) is 0 Å². The summed E-state index contributed by atoms with van der Waals surface area (Å²) in [4.78, 5) is 34.9. The van der Waals surface area contributed by atoms with Gasteiger partial charge in [0.25, 0.3) is 0 Å². The molecule has 0 aliphatic rings. The Morgan fingerprint density at radius 2 is 0.804 bits per heavy atom. The fraction of sp³-hybridized carbons (Fsp3) is 0.895. The van der Waals surface area contributed by atoms with Crippen LogP contribution in [0.5, 0.6) is 0 Å². The topological polar surface area (TPSA) is 97.6 Å². The number of rotatable bonds is 36. The molecule has 0 fully saturated rings. The molecule has 3 N–H and O–H groups in total. The van der Waals surface area contributed by atoms with Crippen LogP contribution in [0.3, 0.4) is 0 Å². The zero-order valence-electron chi connectivity index (χ0n) is 30.8. The van der Waals surface area contributed by atoms with E-state index in [4.69, 9.17) is 18.9 Å². The molecule has 0 aliphatic heterocycles. The van der Waals surface area contributed by atoms with E-state index in [1.54, 1.807) is 0 Å². The van der Waals surface area contributed by atoms with Crippen LogP contribution in [0.4, 0.5) is 0 Å².